The first-order valence-corrected chi connectivity index (χ1v) is 4.46. The van der Waals surface area contributed by atoms with Crippen LogP contribution in [0.3, 0.4) is 0 Å². The Morgan fingerprint density at radius 1 is 1.36 bits per heavy atom. The van der Waals surface area contributed by atoms with E-state index in [2.05, 4.69) is 6.92 Å². The summed E-state index contributed by atoms with van der Waals surface area (Å²) in [7, 11) is 0. The fraction of sp³-hybridized carbons (Fsp3) is 0.600. The molecule has 0 saturated heterocycles. The van der Waals surface area contributed by atoms with Gasteiger partial charge < -0.3 is 4.42 Å². The quantitative estimate of drug-likeness (QED) is 0.647. The van der Waals surface area contributed by atoms with Crippen LogP contribution < -0.4 is 0 Å². The number of hydrogen-bond acceptors (Lipinski definition) is 1. The molecule has 0 N–H and O–H groups in total. The molecule has 1 heteroatoms. The predicted molar refractivity (Wildman–Crippen MR) is 48.7 cm³/mol. The average molecular weight is 154 g/mol. The Bertz CT molecular complexity index is 142. The Balaban J connectivity index is 0.000000461. The second-order valence-electron chi connectivity index (χ2n) is 2.18. The molecular weight excluding hydrogens is 136 g/mol. The smallest absolute Gasteiger partial charge is 0.103 e. The SMILES string of the molecule is CC.CCCCc1ccco1. The molecule has 0 atom stereocenters. The molecule has 1 aromatic heterocycles. The molecule has 1 aromatic rings. The Hall–Kier alpha value is -0.720. The number of unbranched alkanes of at least 4 members (excludes halogenated alkanes) is 1. The lowest BCUT2D eigenvalue weighted by Crippen LogP contribution is -1.77. The Morgan fingerprint density at radius 2 is 2.09 bits per heavy atom. The van der Waals surface area contributed by atoms with E-state index >= 15 is 0 Å². The van der Waals surface area contributed by atoms with E-state index < -0.39 is 0 Å². The highest BCUT2D eigenvalue weighted by Crippen LogP contribution is 2.04. The van der Waals surface area contributed by atoms with Crippen molar-refractivity contribution in [3.8, 4) is 0 Å². The highest BCUT2D eigenvalue weighted by atomic mass is 16.3. The Labute approximate surface area is 69.4 Å². The van der Waals surface area contributed by atoms with Crippen LogP contribution in [-0.4, -0.2) is 0 Å². The summed E-state index contributed by atoms with van der Waals surface area (Å²) >= 11 is 0. The minimum absolute atomic E-state index is 1.09. The lowest BCUT2D eigenvalue weighted by molar-refractivity contribution is 0.500. The van der Waals surface area contributed by atoms with Gasteiger partial charge in [-0.1, -0.05) is 27.2 Å². The summed E-state index contributed by atoms with van der Waals surface area (Å²) in [5.41, 5.74) is 0. The van der Waals surface area contributed by atoms with Crippen molar-refractivity contribution in [1.29, 1.82) is 0 Å². The van der Waals surface area contributed by atoms with Gasteiger partial charge in [0.15, 0.2) is 0 Å². The van der Waals surface area contributed by atoms with Gasteiger partial charge in [0.25, 0.3) is 0 Å². The molecule has 11 heavy (non-hydrogen) atoms. The highest BCUT2D eigenvalue weighted by Gasteiger charge is 1.91. The van der Waals surface area contributed by atoms with Gasteiger partial charge in [0, 0.05) is 6.42 Å². The van der Waals surface area contributed by atoms with Gasteiger partial charge in [-0.2, -0.15) is 0 Å². The normalized spacial score (nSPS) is 8.64. The van der Waals surface area contributed by atoms with Crippen LogP contribution in [0.15, 0.2) is 22.8 Å². The van der Waals surface area contributed by atoms with Crippen LogP contribution in [0.5, 0.6) is 0 Å². The first-order chi connectivity index (χ1) is 5.43. The van der Waals surface area contributed by atoms with E-state index in [1.165, 1.54) is 12.8 Å². The minimum atomic E-state index is 1.09. The fourth-order valence-electron chi connectivity index (χ4n) is 0.806. The van der Waals surface area contributed by atoms with Crippen molar-refractivity contribution in [3.05, 3.63) is 24.2 Å². The van der Waals surface area contributed by atoms with Crippen LogP contribution in [0, 0.1) is 0 Å². The molecule has 64 valence electrons. The molecule has 1 heterocycles. The van der Waals surface area contributed by atoms with Crippen LogP contribution in [0.1, 0.15) is 39.4 Å². The van der Waals surface area contributed by atoms with Crippen LogP contribution >= 0.6 is 0 Å². The molecule has 0 aliphatic carbocycles. The molecular formula is C10H18O. The molecule has 0 saturated carbocycles. The maximum Gasteiger partial charge on any atom is 0.103 e. The molecule has 0 amide bonds. The molecule has 0 aromatic carbocycles. The highest BCUT2D eigenvalue weighted by molar-refractivity contribution is 4.97. The van der Waals surface area contributed by atoms with Crippen molar-refractivity contribution in [3.63, 3.8) is 0 Å². The molecule has 0 spiro atoms. The molecule has 0 bridgehead atoms. The van der Waals surface area contributed by atoms with Gasteiger partial charge in [-0.15, -0.1) is 0 Å². The van der Waals surface area contributed by atoms with Crippen molar-refractivity contribution in [1.82, 2.24) is 0 Å². The maximum absolute atomic E-state index is 5.14. The van der Waals surface area contributed by atoms with Crippen molar-refractivity contribution >= 4 is 0 Å². The van der Waals surface area contributed by atoms with E-state index in [4.69, 9.17) is 4.42 Å². The average Bonchev–Trinajstić information content (AvgIpc) is 2.57. The van der Waals surface area contributed by atoms with Gasteiger partial charge in [0.05, 0.1) is 6.26 Å². The summed E-state index contributed by atoms with van der Waals surface area (Å²) < 4.78 is 5.14. The summed E-state index contributed by atoms with van der Waals surface area (Å²) in [6, 6.07) is 3.96. The number of hydrogen-bond donors (Lipinski definition) is 0. The second-order valence-corrected chi connectivity index (χ2v) is 2.18. The van der Waals surface area contributed by atoms with E-state index in [9.17, 15) is 0 Å². The van der Waals surface area contributed by atoms with Gasteiger partial charge in [0.2, 0.25) is 0 Å². The third kappa shape index (κ3) is 4.65. The Morgan fingerprint density at radius 3 is 2.55 bits per heavy atom. The van der Waals surface area contributed by atoms with Gasteiger partial charge in [-0.3, -0.25) is 0 Å². The first kappa shape index (κ1) is 10.3. The van der Waals surface area contributed by atoms with Gasteiger partial charge >= 0.3 is 0 Å². The summed E-state index contributed by atoms with van der Waals surface area (Å²) in [6.07, 6.45) is 5.28. The fourth-order valence-corrected chi connectivity index (χ4v) is 0.806. The van der Waals surface area contributed by atoms with E-state index in [0.29, 0.717) is 0 Å². The minimum Gasteiger partial charge on any atom is -0.469 e. The van der Waals surface area contributed by atoms with E-state index in [-0.39, 0.29) is 0 Å². The topological polar surface area (TPSA) is 13.1 Å². The summed E-state index contributed by atoms with van der Waals surface area (Å²) in [4.78, 5) is 0. The van der Waals surface area contributed by atoms with Crippen LogP contribution in [0.4, 0.5) is 0 Å². The lowest BCUT2D eigenvalue weighted by atomic mass is 10.2. The Kier molecular flexibility index (Phi) is 6.90. The van der Waals surface area contributed by atoms with Crippen molar-refractivity contribution in [2.24, 2.45) is 0 Å². The lowest BCUT2D eigenvalue weighted by Gasteiger charge is -1.90. The van der Waals surface area contributed by atoms with Crippen LogP contribution in [0.25, 0.3) is 0 Å². The third-order valence-corrected chi connectivity index (χ3v) is 1.36. The van der Waals surface area contributed by atoms with Gasteiger partial charge in [0.1, 0.15) is 5.76 Å². The molecule has 0 fully saturated rings. The first-order valence-electron chi connectivity index (χ1n) is 4.46. The molecule has 1 nitrogen and oxygen atoms in total. The summed E-state index contributed by atoms with van der Waals surface area (Å²) in [6.45, 7) is 6.18. The maximum atomic E-state index is 5.14. The van der Waals surface area contributed by atoms with E-state index in [1.807, 2.05) is 26.0 Å². The zero-order chi connectivity index (χ0) is 8.53. The molecule has 0 aliphatic heterocycles. The predicted octanol–water partition coefficient (Wildman–Crippen LogP) is 3.65. The van der Waals surface area contributed by atoms with Crippen LogP contribution in [0.2, 0.25) is 0 Å². The molecule has 1 rings (SSSR count). The third-order valence-electron chi connectivity index (χ3n) is 1.36. The number of rotatable bonds is 3. The zero-order valence-electron chi connectivity index (χ0n) is 7.76. The van der Waals surface area contributed by atoms with Crippen molar-refractivity contribution in [2.45, 2.75) is 40.0 Å². The molecule has 0 unspecified atom stereocenters. The monoisotopic (exact) mass is 154 g/mol. The standard InChI is InChI=1S/C8H12O.C2H6/c1-2-3-5-8-6-4-7-9-8;1-2/h4,6-7H,2-3,5H2,1H3;1-2H3. The van der Waals surface area contributed by atoms with Crippen molar-refractivity contribution in [2.75, 3.05) is 0 Å². The van der Waals surface area contributed by atoms with E-state index in [0.717, 1.165) is 12.2 Å². The number of aryl methyl sites for hydroxylation is 1. The largest absolute Gasteiger partial charge is 0.469 e. The zero-order valence-corrected chi connectivity index (χ0v) is 7.76. The summed E-state index contributed by atoms with van der Waals surface area (Å²) in [5, 5.41) is 0. The second kappa shape index (κ2) is 7.39. The summed E-state index contributed by atoms with van der Waals surface area (Å²) in [5.74, 6) is 1.11. The van der Waals surface area contributed by atoms with Gasteiger partial charge in [-0.25, -0.2) is 0 Å². The molecule has 0 radical (unpaired) electrons. The van der Waals surface area contributed by atoms with Crippen LogP contribution in [-0.2, 0) is 6.42 Å². The van der Waals surface area contributed by atoms with Crippen molar-refractivity contribution < 1.29 is 4.42 Å². The van der Waals surface area contributed by atoms with Gasteiger partial charge in [-0.05, 0) is 18.6 Å². The van der Waals surface area contributed by atoms with E-state index in [1.54, 1.807) is 6.26 Å². The molecule has 0 aliphatic rings. The number of furan rings is 1.